The maximum Gasteiger partial charge on any atom is 0.126 e. The van der Waals surface area contributed by atoms with E-state index in [1.165, 1.54) is 12.1 Å². The number of hydrogen-bond acceptors (Lipinski definition) is 1. The van der Waals surface area contributed by atoms with Crippen molar-refractivity contribution in [3.8, 4) is 5.75 Å². The first-order valence-corrected chi connectivity index (χ1v) is 6.53. The summed E-state index contributed by atoms with van der Waals surface area (Å²) in [5.41, 5.74) is 2.02. The number of rotatable bonds is 2. The highest BCUT2D eigenvalue weighted by molar-refractivity contribution is 6.22. The summed E-state index contributed by atoms with van der Waals surface area (Å²) < 4.78 is 18.7. The van der Waals surface area contributed by atoms with Gasteiger partial charge in [-0.3, -0.25) is 0 Å². The van der Waals surface area contributed by atoms with Crippen molar-refractivity contribution < 1.29 is 9.13 Å². The summed E-state index contributed by atoms with van der Waals surface area (Å²) in [5, 5.41) is -0.00303. The maximum absolute atomic E-state index is 13.4. The summed E-state index contributed by atoms with van der Waals surface area (Å²) in [6.07, 6.45) is 3.84. The highest BCUT2D eigenvalue weighted by Gasteiger charge is 2.29. The molecule has 1 aromatic carbocycles. The lowest BCUT2D eigenvalue weighted by atomic mass is 9.75. The second-order valence-electron chi connectivity index (χ2n) is 5.60. The molecule has 3 heteroatoms. The fourth-order valence-corrected chi connectivity index (χ4v) is 3.14. The van der Waals surface area contributed by atoms with Gasteiger partial charge in [-0.2, -0.15) is 0 Å². The Hall–Kier alpha value is -1.02. The van der Waals surface area contributed by atoms with Crippen LogP contribution in [0.4, 0.5) is 4.39 Å². The van der Waals surface area contributed by atoms with Gasteiger partial charge in [-0.1, -0.05) is 19.9 Å². The van der Waals surface area contributed by atoms with E-state index in [1.807, 2.05) is 6.08 Å². The predicted molar refractivity (Wildman–Crippen MR) is 73.6 cm³/mol. The first-order chi connectivity index (χ1) is 8.41. The lowest BCUT2D eigenvalue weighted by Crippen LogP contribution is -2.21. The summed E-state index contributed by atoms with van der Waals surface area (Å²) in [4.78, 5) is 0. The molecule has 0 heterocycles. The smallest absolute Gasteiger partial charge is 0.126 e. The molecule has 1 aromatic rings. The van der Waals surface area contributed by atoms with Crippen molar-refractivity contribution in [2.75, 3.05) is 7.11 Å². The van der Waals surface area contributed by atoms with Crippen LogP contribution in [0, 0.1) is 11.2 Å². The van der Waals surface area contributed by atoms with Gasteiger partial charge in [0.15, 0.2) is 0 Å². The number of ether oxygens (including phenoxy) is 1. The zero-order chi connectivity index (χ0) is 13.3. The van der Waals surface area contributed by atoms with Crippen molar-refractivity contribution in [2.24, 2.45) is 5.41 Å². The zero-order valence-corrected chi connectivity index (χ0v) is 11.7. The zero-order valence-electron chi connectivity index (χ0n) is 11.0. The molecule has 1 nitrogen and oxygen atoms in total. The van der Waals surface area contributed by atoms with Gasteiger partial charge in [0.1, 0.15) is 11.6 Å². The van der Waals surface area contributed by atoms with Crippen LogP contribution in [0.3, 0.4) is 0 Å². The molecule has 1 aliphatic rings. The molecule has 0 aliphatic heterocycles. The molecule has 0 N–H and O–H groups in total. The van der Waals surface area contributed by atoms with Crippen molar-refractivity contribution in [2.45, 2.75) is 32.1 Å². The molecule has 0 aromatic heterocycles. The van der Waals surface area contributed by atoms with Crippen LogP contribution in [0.25, 0.3) is 5.57 Å². The van der Waals surface area contributed by atoms with E-state index >= 15 is 0 Å². The van der Waals surface area contributed by atoms with Gasteiger partial charge in [0.25, 0.3) is 0 Å². The van der Waals surface area contributed by atoms with Crippen molar-refractivity contribution >= 4 is 17.2 Å². The minimum atomic E-state index is -0.249. The monoisotopic (exact) mass is 268 g/mol. The topological polar surface area (TPSA) is 9.23 Å². The molecule has 0 spiro atoms. The van der Waals surface area contributed by atoms with E-state index < -0.39 is 0 Å². The summed E-state index contributed by atoms with van der Waals surface area (Å²) in [5.74, 6) is 0.449. The Labute approximate surface area is 113 Å². The average Bonchev–Trinajstić information content (AvgIpc) is 2.26. The quantitative estimate of drug-likeness (QED) is 0.710. The Morgan fingerprint density at radius 3 is 2.72 bits per heavy atom. The molecule has 18 heavy (non-hydrogen) atoms. The third kappa shape index (κ3) is 2.86. The van der Waals surface area contributed by atoms with Gasteiger partial charge in [-0.15, -0.1) is 11.6 Å². The lowest BCUT2D eigenvalue weighted by Gasteiger charge is -2.32. The first-order valence-electron chi connectivity index (χ1n) is 6.10. The lowest BCUT2D eigenvalue weighted by molar-refractivity contribution is 0.339. The van der Waals surface area contributed by atoms with Crippen LogP contribution in [0.2, 0.25) is 0 Å². The maximum atomic E-state index is 13.4. The largest absolute Gasteiger partial charge is 0.496 e. The first kappa shape index (κ1) is 13.4. The summed E-state index contributed by atoms with van der Waals surface area (Å²) in [6, 6.07) is 4.60. The van der Waals surface area contributed by atoms with E-state index in [0.717, 1.165) is 24.0 Å². The molecule has 0 bridgehead atoms. The molecule has 0 radical (unpaired) electrons. The van der Waals surface area contributed by atoms with Gasteiger partial charge in [0.05, 0.1) is 12.5 Å². The van der Waals surface area contributed by atoms with Crippen LogP contribution >= 0.6 is 11.6 Å². The van der Waals surface area contributed by atoms with Crippen LogP contribution in [-0.4, -0.2) is 12.5 Å². The molecule has 1 atom stereocenters. The highest BCUT2D eigenvalue weighted by atomic mass is 35.5. The molecular formula is C15H18ClFO. The van der Waals surface area contributed by atoms with E-state index in [4.69, 9.17) is 16.3 Å². The summed E-state index contributed by atoms with van der Waals surface area (Å²) in [6.45, 7) is 4.36. The number of alkyl halides is 1. The minimum Gasteiger partial charge on any atom is -0.496 e. The van der Waals surface area contributed by atoms with E-state index in [1.54, 1.807) is 13.2 Å². The molecular weight excluding hydrogens is 251 g/mol. The Balaban J connectivity index is 2.45. The molecule has 0 fully saturated rings. The normalized spacial score (nSPS) is 22.5. The second kappa shape index (κ2) is 4.93. The van der Waals surface area contributed by atoms with Crippen LogP contribution in [-0.2, 0) is 0 Å². The number of methoxy groups -OCH3 is 1. The Kier molecular flexibility index (Phi) is 3.67. The van der Waals surface area contributed by atoms with E-state index in [0.29, 0.717) is 5.75 Å². The Bertz CT molecular complexity index is 479. The predicted octanol–water partition coefficient (Wildman–Crippen LogP) is 4.65. The summed E-state index contributed by atoms with van der Waals surface area (Å²) >= 11 is 6.27. The third-order valence-electron chi connectivity index (χ3n) is 3.31. The van der Waals surface area contributed by atoms with Gasteiger partial charge in [-0.05, 0) is 42.0 Å². The molecule has 1 unspecified atom stereocenters. The number of allylic oxidation sites excluding steroid dienone is 2. The molecule has 0 saturated heterocycles. The van der Waals surface area contributed by atoms with Crippen LogP contribution in [0.5, 0.6) is 5.75 Å². The van der Waals surface area contributed by atoms with Crippen molar-refractivity contribution in [1.29, 1.82) is 0 Å². The molecule has 0 amide bonds. The standard InChI is InChI=1S/C15H18ClFO/c1-15(2)8-10(6-11(16)9-15)13-7-12(17)4-5-14(13)18-3/h4-7,11H,8-9H2,1-3H3. The Morgan fingerprint density at radius 2 is 2.11 bits per heavy atom. The average molecular weight is 269 g/mol. The highest BCUT2D eigenvalue weighted by Crippen LogP contribution is 2.43. The van der Waals surface area contributed by atoms with E-state index in [-0.39, 0.29) is 16.6 Å². The van der Waals surface area contributed by atoms with Crippen LogP contribution in [0.15, 0.2) is 24.3 Å². The van der Waals surface area contributed by atoms with Gasteiger partial charge in [0, 0.05) is 5.56 Å². The second-order valence-corrected chi connectivity index (χ2v) is 6.16. The van der Waals surface area contributed by atoms with Gasteiger partial charge in [0.2, 0.25) is 0 Å². The molecule has 98 valence electrons. The SMILES string of the molecule is COc1ccc(F)cc1C1=CC(Cl)CC(C)(C)C1. The molecule has 2 rings (SSSR count). The number of halogens is 2. The fourth-order valence-electron chi connectivity index (χ4n) is 2.57. The van der Waals surface area contributed by atoms with Gasteiger partial charge in [-0.25, -0.2) is 4.39 Å². The van der Waals surface area contributed by atoms with E-state index in [2.05, 4.69) is 13.8 Å². The van der Waals surface area contributed by atoms with Gasteiger partial charge >= 0.3 is 0 Å². The fraction of sp³-hybridized carbons (Fsp3) is 0.467. The van der Waals surface area contributed by atoms with Crippen LogP contribution in [0.1, 0.15) is 32.3 Å². The van der Waals surface area contributed by atoms with Crippen molar-refractivity contribution in [3.05, 3.63) is 35.7 Å². The van der Waals surface area contributed by atoms with Crippen LogP contribution < -0.4 is 4.74 Å². The number of hydrogen-bond donors (Lipinski definition) is 0. The number of benzene rings is 1. The summed E-state index contributed by atoms with van der Waals surface area (Å²) in [7, 11) is 1.60. The molecule has 1 aliphatic carbocycles. The van der Waals surface area contributed by atoms with Crippen molar-refractivity contribution in [1.82, 2.24) is 0 Å². The minimum absolute atomic E-state index is 0.00303. The van der Waals surface area contributed by atoms with Crippen molar-refractivity contribution in [3.63, 3.8) is 0 Å². The Morgan fingerprint density at radius 1 is 1.39 bits per heavy atom. The molecule has 0 saturated carbocycles. The van der Waals surface area contributed by atoms with E-state index in [9.17, 15) is 4.39 Å². The van der Waals surface area contributed by atoms with Gasteiger partial charge < -0.3 is 4.74 Å². The third-order valence-corrected chi connectivity index (χ3v) is 3.59.